The number of benzene rings is 2. The molecule has 1 aliphatic rings. The van der Waals surface area contributed by atoms with Crippen LogP contribution in [-0.4, -0.2) is 0 Å². The predicted octanol–water partition coefficient (Wildman–Crippen LogP) is 4.47. The van der Waals surface area contributed by atoms with Gasteiger partial charge in [0.05, 0.1) is 34.2 Å². The molecule has 0 atom stereocenters. The highest BCUT2D eigenvalue weighted by atomic mass is 35.5. The zero-order valence-corrected chi connectivity index (χ0v) is 9.92. The standard InChI is InChI=1S/C12H9ClN2S/c13-9-5-1-3-7-11(9)15-12-8-4-2-6-10(12)14-16-15/h1-8,14H. The second-order valence-electron chi connectivity index (χ2n) is 3.46. The molecule has 0 fully saturated rings. The first-order valence-corrected chi connectivity index (χ1v) is 6.08. The zero-order valence-electron chi connectivity index (χ0n) is 8.35. The van der Waals surface area contributed by atoms with Crippen molar-refractivity contribution in [2.75, 3.05) is 9.03 Å². The van der Waals surface area contributed by atoms with E-state index in [0.29, 0.717) is 0 Å². The highest BCUT2D eigenvalue weighted by molar-refractivity contribution is 8.02. The number of nitrogens with one attached hydrogen (secondary N) is 1. The van der Waals surface area contributed by atoms with Crippen molar-refractivity contribution in [3.05, 3.63) is 53.6 Å². The Bertz CT molecular complexity index is 530. The van der Waals surface area contributed by atoms with Crippen LogP contribution in [0.4, 0.5) is 17.1 Å². The summed E-state index contributed by atoms with van der Waals surface area (Å²) < 4.78 is 5.35. The van der Waals surface area contributed by atoms with Gasteiger partial charge in [0, 0.05) is 0 Å². The Labute approximate surface area is 103 Å². The number of fused-ring (bicyclic) bond motifs is 1. The Hall–Kier alpha value is -1.32. The minimum absolute atomic E-state index is 0.758. The highest BCUT2D eigenvalue weighted by Gasteiger charge is 2.22. The molecule has 0 spiro atoms. The van der Waals surface area contributed by atoms with E-state index in [1.54, 1.807) is 0 Å². The molecule has 0 unspecified atom stereocenters. The lowest BCUT2D eigenvalue weighted by Gasteiger charge is -2.16. The van der Waals surface area contributed by atoms with Gasteiger partial charge in [-0.25, -0.2) is 0 Å². The van der Waals surface area contributed by atoms with Crippen LogP contribution in [0.3, 0.4) is 0 Å². The molecule has 4 heteroatoms. The topological polar surface area (TPSA) is 15.3 Å². The van der Waals surface area contributed by atoms with E-state index in [4.69, 9.17) is 11.6 Å². The maximum Gasteiger partial charge on any atom is 0.0782 e. The Balaban J connectivity index is 2.08. The normalized spacial score (nSPS) is 13.4. The van der Waals surface area contributed by atoms with Crippen molar-refractivity contribution in [1.82, 2.24) is 0 Å². The Morgan fingerprint density at radius 1 is 0.938 bits per heavy atom. The third-order valence-corrected chi connectivity index (χ3v) is 3.65. The van der Waals surface area contributed by atoms with Gasteiger partial charge in [-0.2, -0.15) is 0 Å². The van der Waals surface area contributed by atoms with Crippen molar-refractivity contribution < 1.29 is 0 Å². The number of anilines is 3. The summed E-state index contributed by atoms with van der Waals surface area (Å²) in [6, 6.07) is 16.0. The minimum Gasteiger partial charge on any atom is -0.310 e. The number of para-hydroxylation sites is 3. The van der Waals surface area contributed by atoms with Gasteiger partial charge < -0.3 is 4.72 Å². The molecule has 0 bridgehead atoms. The van der Waals surface area contributed by atoms with Crippen LogP contribution < -0.4 is 9.03 Å². The molecule has 3 rings (SSSR count). The van der Waals surface area contributed by atoms with Crippen LogP contribution in [0.2, 0.25) is 5.02 Å². The van der Waals surface area contributed by atoms with E-state index in [0.717, 1.165) is 22.1 Å². The monoisotopic (exact) mass is 248 g/mol. The molecule has 16 heavy (non-hydrogen) atoms. The Morgan fingerprint density at radius 2 is 1.62 bits per heavy atom. The van der Waals surface area contributed by atoms with Gasteiger partial charge in [0.2, 0.25) is 0 Å². The smallest absolute Gasteiger partial charge is 0.0782 e. The molecule has 80 valence electrons. The molecule has 0 aliphatic carbocycles. The first-order valence-electron chi connectivity index (χ1n) is 4.93. The van der Waals surface area contributed by atoms with Crippen LogP contribution in [0, 0.1) is 0 Å². The average Bonchev–Trinajstić information content (AvgIpc) is 2.74. The summed E-state index contributed by atoms with van der Waals surface area (Å²) in [7, 11) is 0. The van der Waals surface area contributed by atoms with Crippen molar-refractivity contribution in [2.45, 2.75) is 0 Å². The lowest BCUT2D eigenvalue weighted by molar-refractivity contribution is 1.46. The third kappa shape index (κ3) is 1.52. The van der Waals surface area contributed by atoms with E-state index < -0.39 is 0 Å². The molecule has 1 aliphatic heterocycles. The van der Waals surface area contributed by atoms with E-state index in [9.17, 15) is 0 Å². The Kier molecular flexibility index (Phi) is 2.42. The van der Waals surface area contributed by atoms with Crippen molar-refractivity contribution in [1.29, 1.82) is 0 Å². The summed E-state index contributed by atoms with van der Waals surface area (Å²) in [5, 5.41) is 0.758. The molecule has 1 heterocycles. The van der Waals surface area contributed by atoms with E-state index >= 15 is 0 Å². The summed E-state index contributed by atoms with van der Waals surface area (Å²) in [5.41, 5.74) is 3.26. The van der Waals surface area contributed by atoms with Gasteiger partial charge >= 0.3 is 0 Å². The minimum atomic E-state index is 0.758. The summed E-state index contributed by atoms with van der Waals surface area (Å²) in [5.74, 6) is 0. The molecule has 2 nitrogen and oxygen atoms in total. The fourth-order valence-electron chi connectivity index (χ4n) is 1.68. The summed E-state index contributed by atoms with van der Waals surface area (Å²) in [6.07, 6.45) is 0. The van der Waals surface area contributed by atoms with Gasteiger partial charge in [0.15, 0.2) is 0 Å². The van der Waals surface area contributed by atoms with Crippen molar-refractivity contribution in [3.8, 4) is 0 Å². The van der Waals surface area contributed by atoms with Crippen molar-refractivity contribution in [3.63, 3.8) is 0 Å². The van der Waals surface area contributed by atoms with Crippen molar-refractivity contribution >= 4 is 40.8 Å². The molecule has 0 saturated heterocycles. The van der Waals surface area contributed by atoms with E-state index in [1.807, 2.05) is 36.4 Å². The molecule has 1 N–H and O–H groups in total. The summed E-state index contributed by atoms with van der Waals surface area (Å²) >= 11 is 7.73. The predicted molar refractivity (Wildman–Crippen MR) is 71.2 cm³/mol. The van der Waals surface area contributed by atoms with Gasteiger partial charge in [-0.05, 0) is 24.3 Å². The van der Waals surface area contributed by atoms with E-state index in [-0.39, 0.29) is 0 Å². The van der Waals surface area contributed by atoms with Gasteiger partial charge in [0.1, 0.15) is 0 Å². The maximum absolute atomic E-state index is 6.19. The van der Waals surface area contributed by atoms with Crippen LogP contribution in [-0.2, 0) is 0 Å². The molecule has 0 aromatic heterocycles. The molecular weight excluding hydrogens is 240 g/mol. The molecule has 0 radical (unpaired) electrons. The van der Waals surface area contributed by atoms with Gasteiger partial charge in [0.25, 0.3) is 0 Å². The number of hydrogen-bond acceptors (Lipinski definition) is 3. The molecule has 2 aromatic rings. The quantitative estimate of drug-likeness (QED) is 0.750. The molecular formula is C12H9ClN2S. The fourth-order valence-corrected chi connectivity index (χ4v) is 2.82. The molecule has 0 saturated carbocycles. The van der Waals surface area contributed by atoms with E-state index in [2.05, 4.69) is 21.2 Å². The van der Waals surface area contributed by atoms with Crippen LogP contribution >= 0.6 is 23.7 Å². The van der Waals surface area contributed by atoms with Crippen LogP contribution in [0.1, 0.15) is 0 Å². The van der Waals surface area contributed by atoms with Gasteiger partial charge in [-0.1, -0.05) is 35.9 Å². The van der Waals surface area contributed by atoms with Crippen LogP contribution in [0.15, 0.2) is 48.5 Å². The van der Waals surface area contributed by atoms with Gasteiger partial charge in [-0.15, -0.1) is 0 Å². The zero-order chi connectivity index (χ0) is 11.0. The number of nitrogens with zero attached hydrogens (tertiary/aromatic N) is 1. The first kappa shape index (κ1) is 9.87. The lowest BCUT2D eigenvalue weighted by atomic mass is 10.2. The second kappa shape index (κ2) is 3.92. The number of rotatable bonds is 1. The largest absolute Gasteiger partial charge is 0.310 e. The lowest BCUT2D eigenvalue weighted by Crippen LogP contribution is -2.02. The van der Waals surface area contributed by atoms with E-state index in [1.165, 1.54) is 12.1 Å². The highest BCUT2D eigenvalue weighted by Crippen LogP contribution is 2.45. The van der Waals surface area contributed by atoms with Gasteiger partial charge in [-0.3, -0.25) is 4.31 Å². The average molecular weight is 249 g/mol. The molecule has 2 aromatic carbocycles. The van der Waals surface area contributed by atoms with Crippen molar-refractivity contribution in [2.24, 2.45) is 0 Å². The first-order chi connectivity index (χ1) is 7.86. The molecule has 0 amide bonds. The van der Waals surface area contributed by atoms with Crippen LogP contribution in [0.5, 0.6) is 0 Å². The fraction of sp³-hybridized carbons (Fsp3) is 0. The maximum atomic E-state index is 6.19. The SMILES string of the molecule is Clc1ccccc1N1SNc2ccccc21. The summed E-state index contributed by atoms with van der Waals surface area (Å²) in [4.78, 5) is 0. The third-order valence-electron chi connectivity index (χ3n) is 2.44. The van der Waals surface area contributed by atoms with Crippen LogP contribution in [0.25, 0.3) is 0 Å². The summed E-state index contributed by atoms with van der Waals surface area (Å²) in [6.45, 7) is 0. The second-order valence-corrected chi connectivity index (χ2v) is 4.62. The number of halogens is 1. The number of hydrogen-bond donors (Lipinski definition) is 1. The Morgan fingerprint density at radius 3 is 2.44 bits per heavy atom.